The third-order valence-corrected chi connectivity index (χ3v) is 4.04. The van der Waals surface area contributed by atoms with Crippen LogP contribution in [0.3, 0.4) is 0 Å². The summed E-state index contributed by atoms with van der Waals surface area (Å²) in [5, 5.41) is 8.83. The van der Waals surface area contributed by atoms with E-state index < -0.39 is 0 Å². The fourth-order valence-corrected chi connectivity index (χ4v) is 2.66. The fourth-order valence-electron chi connectivity index (χ4n) is 2.66. The summed E-state index contributed by atoms with van der Waals surface area (Å²) in [6, 6.07) is 8.72. The normalized spacial score (nSPS) is 16.4. The summed E-state index contributed by atoms with van der Waals surface area (Å²) in [7, 11) is 3.78. The molecule has 1 aromatic heterocycles. The number of anilines is 1. The number of likely N-dealkylation sites (tertiary alicyclic amines) is 1. The van der Waals surface area contributed by atoms with Crippen LogP contribution in [-0.2, 0) is 0 Å². The SMILES string of the molecule is CN(C)c1cncc(O[C@@H]2CCN(C(=O)c3ccc(C#N)cc3)C2)n1. The van der Waals surface area contributed by atoms with Crippen molar-refractivity contribution in [2.24, 2.45) is 0 Å². The topological polar surface area (TPSA) is 82.4 Å². The van der Waals surface area contributed by atoms with Gasteiger partial charge in [0.1, 0.15) is 6.10 Å². The lowest BCUT2D eigenvalue weighted by Gasteiger charge is -2.17. The minimum absolute atomic E-state index is 0.0521. The summed E-state index contributed by atoms with van der Waals surface area (Å²) in [6.45, 7) is 1.14. The van der Waals surface area contributed by atoms with Crippen LogP contribution < -0.4 is 9.64 Å². The van der Waals surface area contributed by atoms with Crippen molar-refractivity contribution in [1.29, 1.82) is 5.26 Å². The van der Waals surface area contributed by atoms with E-state index in [0.717, 1.165) is 12.2 Å². The second kappa shape index (κ2) is 7.18. The number of nitriles is 1. The Labute approximate surface area is 146 Å². The zero-order valence-electron chi connectivity index (χ0n) is 14.2. The molecule has 1 saturated heterocycles. The van der Waals surface area contributed by atoms with Crippen molar-refractivity contribution in [3.05, 3.63) is 47.8 Å². The van der Waals surface area contributed by atoms with Crippen LogP contribution in [0.4, 0.5) is 5.82 Å². The highest BCUT2D eigenvalue weighted by molar-refractivity contribution is 5.94. The van der Waals surface area contributed by atoms with Gasteiger partial charge in [0.2, 0.25) is 5.88 Å². The molecule has 1 amide bonds. The summed E-state index contributed by atoms with van der Waals surface area (Å²) >= 11 is 0. The Bertz CT molecular complexity index is 798. The highest BCUT2D eigenvalue weighted by Gasteiger charge is 2.28. The molecule has 0 aliphatic carbocycles. The first-order valence-electron chi connectivity index (χ1n) is 8.02. The summed E-state index contributed by atoms with van der Waals surface area (Å²) < 4.78 is 5.88. The lowest BCUT2D eigenvalue weighted by Crippen LogP contribution is -2.31. The predicted octanol–water partition coefficient (Wildman–Crippen LogP) is 1.71. The van der Waals surface area contributed by atoms with Gasteiger partial charge in [0, 0.05) is 32.6 Å². The molecule has 25 heavy (non-hydrogen) atoms. The number of amides is 1. The van der Waals surface area contributed by atoms with Gasteiger partial charge in [-0.2, -0.15) is 10.2 Å². The Balaban J connectivity index is 1.62. The molecule has 0 radical (unpaired) electrons. The molecule has 128 valence electrons. The van der Waals surface area contributed by atoms with Gasteiger partial charge in [-0.1, -0.05) is 0 Å². The number of hydrogen-bond donors (Lipinski definition) is 0. The molecule has 1 aliphatic rings. The van der Waals surface area contributed by atoms with Gasteiger partial charge in [0.25, 0.3) is 5.91 Å². The number of ether oxygens (including phenoxy) is 1. The fraction of sp³-hybridized carbons (Fsp3) is 0.333. The lowest BCUT2D eigenvalue weighted by molar-refractivity contribution is 0.0771. The van der Waals surface area contributed by atoms with Crippen LogP contribution in [-0.4, -0.2) is 54.1 Å². The Morgan fingerprint density at radius 2 is 2.08 bits per heavy atom. The molecular formula is C18H19N5O2. The number of benzene rings is 1. The molecule has 0 N–H and O–H groups in total. The summed E-state index contributed by atoms with van der Waals surface area (Å²) in [5.74, 6) is 1.13. The monoisotopic (exact) mass is 337 g/mol. The van der Waals surface area contributed by atoms with Gasteiger partial charge < -0.3 is 14.5 Å². The minimum Gasteiger partial charge on any atom is -0.471 e. The molecule has 1 fully saturated rings. The summed E-state index contributed by atoms with van der Waals surface area (Å²) in [4.78, 5) is 24.7. The molecular weight excluding hydrogens is 318 g/mol. The maximum absolute atomic E-state index is 12.5. The Kier molecular flexibility index (Phi) is 4.80. The third-order valence-electron chi connectivity index (χ3n) is 4.04. The van der Waals surface area contributed by atoms with Crippen molar-refractivity contribution in [1.82, 2.24) is 14.9 Å². The Morgan fingerprint density at radius 1 is 1.32 bits per heavy atom. The van der Waals surface area contributed by atoms with Crippen LogP contribution in [0, 0.1) is 11.3 Å². The molecule has 7 heteroatoms. The number of carbonyl (C=O) groups is 1. The number of carbonyl (C=O) groups excluding carboxylic acids is 1. The van der Waals surface area contributed by atoms with Crippen LogP contribution in [0.1, 0.15) is 22.3 Å². The highest BCUT2D eigenvalue weighted by Crippen LogP contribution is 2.20. The first-order valence-corrected chi connectivity index (χ1v) is 8.02. The molecule has 0 spiro atoms. The Morgan fingerprint density at radius 3 is 2.76 bits per heavy atom. The van der Waals surface area contributed by atoms with E-state index in [-0.39, 0.29) is 12.0 Å². The van der Waals surface area contributed by atoms with Crippen molar-refractivity contribution in [3.8, 4) is 11.9 Å². The van der Waals surface area contributed by atoms with E-state index in [2.05, 4.69) is 9.97 Å². The standard InChI is InChI=1S/C18H19N5O2/c1-22(2)16-10-20-11-17(21-16)25-15-7-8-23(12-15)18(24)14-5-3-13(9-19)4-6-14/h3-6,10-11,15H,7-8,12H2,1-2H3/t15-/m1/s1. The van der Waals surface area contributed by atoms with Crippen molar-refractivity contribution >= 4 is 11.7 Å². The van der Waals surface area contributed by atoms with Gasteiger partial charge in [-0.25, -0.2) is 0 Å². The Hall–Kier alpha value is -3.14. The second-order valence-electron chi connectivity index (χ2n) is 6.08. The average molecular weight is 337 g/mol. The number of nitrogens with zero attached hydrogens (tertiary/aromatic N) is 5. The average Bonchev–Trinajstić information content (AvgIpc) is 3.10. The van der Waals surface area contributed by atoms with Gasteiger partial charge in [-0.3, -0.25) is 9.78 Å². The van der Waals surface area contributed by atoms with Crippen molar-refractivity contribution < 1.29 is 9.53 Å². The van der Waals surface area contributed by atoms with E-state index >= 15 is 0 Å². The van der Waals surface area contributed by atoms with Crippen LogP contribution in [0.5, 0.6) is 5.88 Å². The highest BCUT2D eigenvalue weighted by atomic mass is 16.5. The maximum Gasteiger partial charge on any atom is 0.253 e. The lowest BCUT2D eigenvalue weighted by atomic mass is 10.1. The molecule has 0 saturated carbocycles. The van der Waals surface area contributed by atoms with Crippen LogP contribution >= 0.6 is 0 Å². The molecule has 0 bridgehead atoms. The molecule has 3 rings (SSSR count). The van der Waals surface area contributed by atoms with Crippen LogP contribution in [0.25, 0.3) is 0 Å². The van der Waals surface area contributed by atoms with Gasteiger partial charge in [0.05, 0.1) is 30.6 Å². The molecule has 2 aromatic rings. The quantitative estimate of drug-likeness (QED) is 0.845. The van der Waals surface area contributed by atoms with Gasteiger partial charge in [0.15, 0.2) is 5.82 Å². The van der Waals surface area contributed by atoms with Crippen LogP contribution in [0.15, 0.2) is 36.7 Å². The summed E-state index contributed by atoms with van der Waals surface area (Å²) in [6.07, 6.45) is 3.89. The largest absolute Gasteiger partial charge is 0.471 e. The molecule has 1 atom stereocenters. The van der Waals surface area contributed by atoms with E-state index in [0.29, 0.717) is 30.1 Å². The van der Waals surface area contributed by atoms with Gasteiger partial charge >= 0.3 is 0 Å². The van der Waals surface area contributed by atoms with E-state index in [4.69, 9.17) is 10.00 Å². The molecule has 1 aromatic carbocycles. The van der Waals surface area contributed by atoms with E-state index in [1.165, 1.54) is 0 Å². The van der Waals surface area contributed by atoms with E-state index in [1.807, 2.05) is 25.1 Å². The first-order chi connectivity index (χ1) is 12.1. The van der Waals surface area contributed by atoms with E-state index in [1.54, 1.807) is 41.6 Å². The molecule has 2 heterocycles. The van der Waals surface area contributed by atoms with E-state index in [9.17, 15) is 4.79 Å². The smallest absolute Gasteiger partial charge is 0.253 e. The van der Waals surface area contributed by atoms with Crippen molar-refractivity contribution in [3.63, 3.8) is 0 Å². The number of hydrogen-bond acceptors (Lipinski definition) is 6. The molecule has 7 nitrogen and oxygen atoms in total. The zero-order valence-corrected chi connectivity index (χ0v) is 14.2. The maximum atomic E-state index is 12.5. The second-order valence-corrected chi connectivity index (χ2v) is 6.08. The van der Waals surface area contributed by atoms with Crippen molar-refractivity contribution in [2.45, 2.75) is 12.5 Å². The first kappa shape index (κ1) is 16.7. The number of rotatable bonds is 4. The molecule has 1 aliphatic heterocycles. The predicted molar refractivity (Wildman–Crippen MR) is 92.5 cm³/mol. The van der Waals surface area contributed by atoms with Crippen molar-refractivity contribution in [2.75, 3.05) is 32.1 Å². The van der Waals surface area contributed by atoms with Gasteiger partial charge in [-0.05, 0) is 24.3 Å². The molecule has 0 unspecified atom stereocenters. The zero-order chi connectivity index (χ0) is 17.8. The summed E-state index contributed by atoms with van der Waals surface area (Å²) in [5.41, 5.74) is 1.12. The van der Waals surface area contributed by atoms with Gasteiger partial charge in [-0.15, -0.1) is 0 Å². The van der Waals surface area contributed by atoms with Crippen LogP contribution in [0.2, 0.25) is 0 Å². The minimum atomic E-state index is -0.103. The number of aromatic nitrogens is 2. The third kappa shape index (κ3) is 3.86.